The third-order valence-electron chi connectivity index (χ3n) is 3.37. The second kappa shape index (κ2) is 6.50. The van der Waals surface area contributed by atoms with Gasteiger partial charge in [0.05, 0.1) is 5.52 Å². The highest BCUT2D eigenvalue weighted by Gasteiger charge is 2.11. The number of hydrogen-bond donors (Lipinski definition) is 0. The molecule has 0 atom stereocenters. The largest absolute Gasteiger partial charge is 0.356 e. The van der Waals surface area contributed by atoms with Gasteiger partial charge in [-0.1, -0.05) is 26.8 Å². The molecule has 102 valence electrons. The van der Waals surface area contributed by atoms with Gasteiger partial charge >= 0.3 is 0 Å². The van der Waals surface area contributed by atoms with E-state index in [-0.39, 0.29) is 0 Å². The van der Waals surface area contributed by atoms with Crippen molar-refractivity contribution in [3.63, 3.8) is 0 Å². The summed E-state index contributed by atoms with van der Waals surface area (Å²) in [5, 5.41) is 1.18. The molecule has 2 rings (SSSR count). The fourth-order valence-electron chi connectivity index (χ4n) is 2.43. The van der Waals surface area contributed by atoms with Crippen molar-refractivity contribution in [2.75, 3.05) is 18.0 Å². The Labute approximate surface area is 115 Å². The lowest BCUT2D eigenvalue weighted by Crippen LogP contribution is -2.26. The molecule has 0 bridgehead atoms. The van der Waals surface area contributed by atoms with Gasteiger partial charge in [0, 0.05) is 18.5 Å². The van der Waals surface area contributed by atoms with Crippen molar-refractivity contribution in [1.29, 1.82) is 0 Å². The maximum atomic E-state index is 4.53. The van der Waals surface area contributed by atoms with Crippen LogP contribution in [0.3, 0.4) is 0 Å². The lowest BCUT2D eigenvalue weighted by molar-refractivity contribution is 0.736. The summed E-state index contributed by atoms with van der Waals surface area (Å²) < 4.78 is 0. The summed E-state index contributed by atoms with van der Waals surface area (Å²) >= 11 is 0. The van der Waals surface area contributed by atoms with E-state index in [0.717, 1.165) is 43.7 Å². The molecule has 19 heavy (non-hydrogen) atoms. The van der Waals surface area contributed by atoms with Crippen LogP contribution >= 0.6 is 0 Å². The highest BCUT2D eigenvalue weighted by atomic mass is 15.2. The van der Waals surface area contributed by atoms with Crippen molar-refractivity contribution in [2.24, 2.45) is 0 Å². The molecule has 0 aliphatic carbocycles. The average molecular weight is 257 g/mol. The normalized spacial score (nSPS) is 10.9. The van der Waals surface area contributed by atoms with Crippen LogP contribution in [0, 0.1) is 0 Å². The Morgan fingerprint density at radius 1 is 1.00 bits per heavy atom. The van der Waals surface area contributed by atoms with Crippen LogP contribution in [0.1, 0.15) is 39.2 Å². The zero-order valence-corrected chi connectivity index (χ0v) is 12.2. The SMILES string of the molecule is CCCN(CCC)c1ncnc2ccc(CC)cc12. The predicted molar refractivity (Wildman–Crippen MR) is 81.7 cm³/mol. The molecule has 0 fully saturated rings. The summed E-state index contributed by atoms with van der Waals surface area (Å²) in [6, 6.07) is 6.50. The van der Waals surface area contributed by atoms with Crippen molar-refractivity contribution in [2.45, 2.75) is 40.0 Å². The zero-order chi connectivity index (χ0) is 13.7. The minimum Gasteiger partial charge on any atom is -0.356 e. The Balaban J connectivity index is 2.50. The smallest absolute Gasteiger partial charge is 0.139 e. The molecule has 0 aliphatic heterocycles. The Morgan fingerprint density at radius 2 is 1.74 bits per heavy atom. The molecule has 1 aromatic heterocycles. The monoisotopic (exact) mass is 257 g/mol. The van der Waals surface area contributed by atoms with Gasteiger partial charge in [0.1, 0.15) is 12.1 Å². The van der Waals surface area contributed by atoms with E-state index in [1.54, 1.807) is 6.33 Å². The number of benzene rings is 1. The number of aryl methyl sites for hydroxylation is 1. The molecule has 0 spiro atoms. The van der Waals surface area contributed by atoms with Crippen molar-refractivity contribution < 1.29 is 0 Å². The number of anilines is 1. The highest BCUT2D eigenvalue weighted by Crippen LogP contribution is 2.24. The summed E-state index contributed by atoms with van der Waals surface area (Å²) in [7, 11) is 0. The Kier molecular flexibility index (Phi) is 4.72. The summed E-state index contributed by atoms with van der Waals surface area (Å²) in [6.45, 7) is 8.71. The van der Waals surface area contributed by atoms with E-state index < -0.39 is 0 Å². The van der Waals surface area contributed by atoms with E-state index >= 15 is 0 Å². The Bertz CT molecular complexity index is 531. The van der Waals surface area contributed by atoms with Crippen molar-refractivity contribution >= 4 is 16.7 Å². The highest BCUT2D eigenvalue weighted by molar-refractivity contribution is 5.89. The van der Waals surface area contributed by atoms with Crippen LogP contribution in [-0.2, 0) is 6.42 Å². The molecule has 0 amide bonds. The lowest BCUT2D eigenvalue weighted by atomic mass is 10.1. The van der Waals surface area contributed by atoms with Gasteiger partial charge in [-0.15, -0.1) is 0 Å². The van der Waals surface area contributed by atoms with Crippen LogP contribution in [0.25, 0.3) is 10.9 Å². The topological polar surface area (TPSA) is 29.0 Å². The molecule has 2 aromatic rings. The number of rotatable bonds is 6. The van der Waals surface area contributed by atoms with E-state index in [4.69, 9.17) is 0 Å². The first kappa shape index (κ1) is 13.8. The van der Waals surface area contributed by atoms with E-state index in [9.17, 15) is 0 Å². The molecule has 1 aromatic carbocycles. The van der Waals surface area contributed by atoms with E-state index in [1.165, 1.54) is 10.9 Å². The van der Waals surface area contributed by atoms with Crippen LogP contribution in [0.2, 0.25) is 0 Å². The first-order valence-electron chi connectivity index (χ1n) is 7.28. The van der Waals surface area contributed by atoms with Crippen molar-refractivity contribution in [3.05, 3.63) is 30.1 Å². The lowest BCUT2D eigenvalue weighted by Gasteiger charge is -2.23. The third-order valence-corrected chi connectivity index (χ3v) is 3.37. The Hall–Kier alpha value is -1.64. The second-order valence-electron chi connectivity index (χ2n) is 4.89. The standard InChI is InChI=1S/C16H23N3/c1-4-9-19(10-5-2)16-14-11-13(6-3)7-8-15(14)17-12-18-16/h7-8,11-12H,4-6,9-10H2,1-3H3. The first-order chi connectivity index (χ1) is 9.30. The summed E-state index contributed by atoms with van der Waals surface area (Å²) in [5.41, 5.74) is 2.39. The molecule has 3 heteroatoms. The van der Waals surface area contributed by atoms with Gasteiger partial charge in [-0.25, -0.2) is 9.97 Å². The van der Waals surface area contributed by atoms with Gasteiger partial charge in [0.25, 0.3) is 0 Å². The molecule has 0 saturated heterocycles. The molecule has 0 aliphatic rings. The van der Waals surface area contributed by atoms with Gasteiger partial charge in [-0.3, -0.25) is 0 Å². The van der Waals surface area contributed by atoms with Crippen molar-refractivity contribution in [3.8, 4) is 0 Å². The van der Waals surface area contributed by atoms with E-state index in [1.807, 2.05) is 0 Å². The number of nitrogens with zero attached hydrogens (tertiary/aromatic N) is 3. The van der Waals surface area contributed by atoms with Gasteiger partial charge in [0.15, 0.2) is 0 Å². The summed E-state index contributed by atoms with van der Waals surface area (Å²) in [6.07, 6.45) is 5.01. The fraction of sp³-hybridized carbons (Fsp3) is 0.500. The number of hydrogen-bond acceptors (Lipinski definition) is 3. The quantitative estimate of drug-likeness (QED) is 0.787. The van der Waals surface area contributed by atoms with Gasteiger partial charge < -0.3 is 4.90 Å². The molecule has 0 unspecified atom stereocenters. The van der Waals surface area contributed by atoms with Gasteiger partial charge in [-0.05, 0) is 37.0 Å². The molecular formula is C16H23N3. The maximum absolute atomic E-state index is 4.53. The summed E-state index contributed by atoms with van der Waals surface area (Å²) in [5.74, 6) is 1.09. The molecule has 1 heterocycles. The zero-order valence-electron chi connectivity index (χ0n) is 12.2. The van der Waals surface area contributed by atoms with Crippen LogP contribution in [0.5, 0.6) is 0 Å². The molecule has 0 saturated carbocycles. The predicted octanol–water partition coefficient (Wildman–Crippen LogP) is 3.82. The first-order valence-corrected chi connectivity index (χ1v) is 7.28. The van der Waals surface area contributed by atoms with Crippen LogP contribution in [-0.4, -0.2) is 23.1 Å². The van der Waals surface area contributed by atoms with Gasteiger partial charge in [0.2, 0.25) is 0 Å². The molecular weight excluding hydrogens is 234 g/mol. The molecule has 0 radical (unpaired) electrons. The number of fused-ring (bicyclic) bond motifs is 1. The van der Waals surface area contributed by atoms with Crippen LogP contribution in [0.4, 0.5) is 5.82 Å². The minimum atomic E-state index is 1.04. The third kappa shape index (κ3) is 3.03. The number of aromatic nitrogens is 2. The van der Waals surface area contributed by atoms with Gasteiger partial charge in [-0.2, -0.15) is 0 Å². The minimum absolute atomic E-state index is 1.04. The van der Waals surface area contributed by atoms with Crippen molar-refractivity contribution in [1.82, 2.24) is 9.97 Å². The van der Waals surface area contributed by atoms with E-state index in [0.29, 0.717) is 0 Å². The van der Waals surface area contributed by atoms with Crippen LogP contribution < -0.4 is 4.90 Å². The molecule has 0 N–H and O–H groups in total. The summed E-state index contributed by atoms with van der Waals surface area (Å²) in [4.78, 5) is 11.3. The average Bonchev–Trinajstić information content (AvgIpc) is 2.46. The Morgan fingerprint density at radius 3 is 2.37 bits per heavy atom. The second-order valence-corrected chi connectivity index (χ2v) is 4.89. The van der Waals surface area contributed by atoms with Crippen LogP contribution in [0.15, 0.2) is 24.5 Å². The fourth-order valence-corrected chi connectivity index (χ4v) is 2.43. The van der Waals surface area contributed by atoms with E-state index in [2.05, 4.69) is 53.8 Å². The molecule has 3 nitrogen and oxygen atoms in total. The maximum Gasteiger partial charge on any atom is 0.139 e.